The highest BCUT2D eigenvalue weighted by atomic mass is 16.3. The van der Waals surface area contributed by atoms with Crippen molar-refractivity contribution in [1.82, 2.24) is 4.90 Å². The second-order valence-corrected chi connectivity index (χ2v) is 8.59. The lowest BCUT2D eigenvalue weighted by atomic mass is 10.1. The van der Waals surface area contributed by atoms with Gasteiger partial charge >= 0.3 is 0 Å². The van der Waals surface area contributed by atoms with Crippen LogP contribution in [-0.2, 0) is 9.59 Å². The van der Waals surface area contributed by atoms with E-state index in [0.29, 0.717) is 13.0 Å². The molecule has 0 aromatic heterocycles. The second kappa shape index (κ2) is 11.5. The van der Waals surface area contributed by atoms with Gasteiger partial charge in [0.15, 0.2) is 5.78 Å². The quantitative estimate of drug-likeness (QED) is 0.224. The van der Waals surface area contributed by atoms with Crippen LogP contribution in [0.5, 0.6) is 0 Å². The van der Waals surface area contributed by atoms with E-state index in [4.69, 9.17) is 0 Å². The van der Waals surface area contributed by atoms with Crippen molar-refractivity contribution in [2.24, 2.45) is 0 Å². The predicted octanol–water partition coefficient (Wildman–Crippen LogP) is 6.24. The van der Waals surface area contributed by atoms with Gasteiger partial charge in [-0.2, -0.15) is 0 Å². The highest BCUT2D eigenvalue weighted by molar-refractivity contribution is 6.27. The first-order valence-electron chi connectivity index (χ1n) is 11.1. The minimum Gasteiger partial charge on any atom is -0.507 e. The number of carbonyl (C=O) groups is 2. The summed E-state index contributed by atoms with van der Waals surface area (Å²) in [5.74, 6) is -0.867. The second-order valence-electron chi connectivity index (χ2n) is 8.59. The average Bonchev–Trinajstić information content (AvgIpc) is 3.28. The molecule has 32 heavy (non-hydrogen) atoms. The maximum Gasteiger partial charge on any atom is 0.261 e. The number of allylic oxidation sites excluding steroid dienone is 14. The smallest absolute Gasteiger partial charge is 0.261 e. The Bertz CT molecular complexity index is 985. The number of nitrogens with zero attached hydrogens (tertiary/aromatic N) is 1. The van der Waals surface area contributed by atoms with Crippen LogP contribution in [0.3, 0.4) is 0 Å². The van der Waals surface area contributed by atoms with Crippen molar-refractivity contribution in [1.29, 1.82) is 0 Å². The Morgan fingerprint density at radius 2 is 1.38 bits per heavy atom. The summed E-state index contributed by atoms with van der Waals surface area (Å²) in [4.78, 5) is 26.3. The van der Waals surface area contributed by atoms with Gasteiger partial charge in [0.25, 0.3) is 5.91 Å². The van der Waals surface area contributed by atoms with Gasteiger partial charge in [-0.15, -0.1) is 0 Å². The topological polar surface area (TPSA) is 57.6 Å². The fourth-order valence-electron chi connectivity index (χ4n) is 4.06. The first-order valence-corrected chi connectivity index (χ1v) is 11.1. The number of rotatable bonds is 7. The van der Waals surface area contributed by atoms with Crippen LogP contribution in [0.1, 0.15) is 54.4 Å². The van der Waals surface area contributed by atoms with Gasteiger partial charge in [-0.05, 0) is 60.5 Å². The molecule has 2 fully saturated rings. The van der Waals surface area contributed by atoms with E-state index in [1.54, 1.807) is 17.1 Å². The molecule has 2 rings (SSSR count). The van der Waals surface area contributed by atoms with Crippen molar-refractivity contribution in [3.05, 3.63) is 93.9 Å². The highest BCUT2D eigenvalue weighted by Gasteiger charge is 2.46. The van der Waals surface area contributed by atoms with Crippen molar-refractivity contribution in [2.45, 2.75) is 60.4 Å². The third-order valence-electron chi connectivity index (χ3n) is 5.53. The molecule has 1 atom stereocenters. The third kappa shape index (κ3) is 6.68. The maximum atomic E-state index is 12.4. The van der Waals surface area contributed by atoms with Gasteiger partial charge in [-0.1, -0.05) is 76.5 Å². The molecule has 0 aromatic carbocycles. The van der Waals surface area contributed by atoms with E-state index in [-0.39, 0.29) is 29.1 Å². The summed E-state index contributed by atoms with van der Waals surface area (Å²) in [6.07, 6.45) is 18.9. The zero-order valence-corrected chi connectivity index (χ0v) is 20.1. The normalized spacial score (nSPS) is 23.2. The molecule has 170 valence electrons. The van der Waals surface area contributed by atoms with Crippen LogP contribution < -0.4 is 0 Å². The lowest BCUT2D eigenvalue weighted by Gasteiger charge is -2.11. The molecule has 2 saturated heterocycles. The van der Waals surface area contributed by atoms with Crippen molar-refractivity contribution in [2.75, 3.05) is 6.54 Å². The Morgan fingerprint density at radius 1 is 0.844 bits per heavy atom. The number of hydrogen-bond acceptors (Lipinski definition) is 3. The summed E-state index contributed by atoms with van der Waals surface area (Å²) < 4.78 is 0. The monoisotopic (exact) mass is 433 g/mol. The number of fused-ring (bicyclic) bond motifs is 1. The Labute approximate surface area is 192 Å². The van der Waals surface area contributed by atoms with Gasteiger partial charge < -0.3 is 10.0 Å². The van der Waals surface area contributed by atoms with E-state index >= 15 is 0 Å². The molecule has 2 aliphatic rings. The zero-order chi connectivity index (χ0) is 23.8. The van der Waals surface area contributed by atoms with Crippen molar-refractivity contribution >= 4 is 11.7 Å². The van der Waals surface area contributed by atoms with Crippen molar-refractivity contribution in [3.63, 3.8) is 0 Å². The van der Waals surface area contributed by atoms with E-state index in [1.807, 2.05) is 19.9 Å². The molecule has 4 heteroatoms. The number of amides is 1. The van der Waals surface area contributed by atoms with Crippen LogP contribution in [0, 0.1) is 0 Å². The molecular formula is C28H35NO3. The molecule has 0 spiro atoms. The Balaban J connectivity index is 2.03. The van der Waals surface area contributed by atoms with Gasteiger partial charge in [0.2, 0.25) is 0 Å². The fraction of sp³-hybridized carbons (Fsp3) is 0.357. The van der Waals surface area contributed by atoms with Crippen molar-refractivity contribution in [3.8, 4) is 0 Å². The molecule has 2 aliphatic heterocycles. The van der Waals surface area contributed by atoms with Crippen LogP contribution in [0.25, 0.3) is 0 Å². The van der Waals surface area contributed by atoms with Crippen molar-refractivity contribution < 1.29 is 14.7 Å². The van der Waals surface area contributed by atoms with Gasteiger partial charge in [0.1, 0.15) is 11.3 Å². The van der Waals surface area contributed by atoms with E-state index in [0.717, 1.165) is 17.6 Å². The summed E-state index contributed by atoms with van der Waals surface area (Å²) in [5.41, 5.74) is 5.73. The van der Waals surface area contributed by atoms with Crippen LogP contribution in [0.2, 0.25) is 0 Å². The Morgan fingerprint density at radius 3 is 1.94 bits per heavy atom. The number of Topliss-reactive ketones (excluding diaryl/α,β-unsaturated/α-hetero) is 1. The van der Waals surface area contributed by atoms with Gasteiger partial charge in [-0.25, -0.2) is 0 Å². The number of ketones is 1. The fourth-order valence-corrected chi connectivity index (χ4v) is 4.06. The first-order chi connectivity index (χ1) is 15.1. The summed E-state index contributed by atoms with van der Waals surface area (Å²) in [5, 5.41) is 10.2. The Hall–Kier alpha value is -3.14. The number of aliphatic hydroxyl groups is 1. The van der Waals surface area contributed by atoms with Gasteiger partial charge in [-0.3, -0.25) is 9.59 Å². The largest absolute Gasteiger partial charge is 0.507 e. The maximum absolute atomic E-state index is 12.4. The number of hydrogen-bond donors (Lipinski definition) is 1. The van der Waals surface area contributed by atoms with Crippen LogP contribution >= 0.6 is 0 Å². The predicted molar refractivity (Wildman–Crippen MR) is 132 cm³/mol. The summed E-state index contributed by atoms with van der Waals surface area (Å²) in [7, 11) is 0. The van der Waals surface area contributed by atoms with Crippen LogP contribution in [-0.4, -0.2) is 34.3 Å². The molecule has 0 bridgehead atoms. The lowest BCUT2D eigenvalue weighted by molar-refractivity contribution is -0.125. The van der Waals surface area contributed by atoms with E-state index in [9.17, 15) is 14.7 Å². The first kappa shape index (κ1) is 25.1. The average molecular weight is 434 g/mol. The summed E-state index contributed by atoms with van der Waals surface area (Å²) >= 11 is 0. The van der Waals surface area contributed by atoms with Gasteiger partial charge in [0, 0.05) is 6.54 Å². The standard InChI is InChI=1S/C28H35NO3/c1-7-19(2)15-21(4)17-23(6)18-22(5)16-20(3)11-8-9-13-25(30)26-27(31)24-12-10-14-29(24)28(26)32/h7-9,11,13,15-18,24,30H,10,12,14H2,1-6H3/b11-8+,13-9+,19-7-,20-16-,21-15+,22-18+,23-17-,26-25-/t24-/m0/s1. The highest BCUT2D eigenvalue weighted by Crippen LogP contribution is 2.30. The SMILES string of the molecule is C\C=C(C)/C=C(C)/C=C(C)\C=C(C)\C=C(C)/C=C/C=C/C(O)=C1\C(=O)[C@@H]2CCCN2C1=O. The Kier molecular flexibility index (Phi) is 9.01. The minimum absolute atomic E-state index is 0.0818. The number of carbonyl (C=O) groups excluding carboxylic acids is 2. The summed E-state index contributed by atoms with van der Waals surface area (Å²) in [6, 6.07) is -0.382. The molecule has 1 amide bonds. The molecule has 0 saturated carbocycles. The molecule has 0 aromatic rings. The molecule has 0 radical (unpaired) electrons. The van der Waals surface area contributed by atoms with Crippen LogP contribution in [0.4, 0.5) is 0 Å². The zero-order valence-electron chi connectivity index (χ0n) is 20.1. The van der Waals surface area contributed by atoms with Crippen LogP contribution in [0.15, 0.2) is 93.9 Å². The third-order valence-corrected chi connectivity index (χ3v) is 5.53. The molecule has 0 unspecified atom stereocenters. The molecular weight excluding hydrogens is 398 g/mol. The lowest BCUT2D eigenvalue weighted by Crippen LogP contribution is -2.28. The number of aliphatic hydroxyl groups excluding tert-OH is 1. The molecule has 0 aliphatic carbocycles. The minimum atomic E-state index is -0.382. The molecule has 1 N–H and O–H groups in total. The van der Waals surface area contributed by atoms with E-state index < -0.39 is 0 Å². The van der Waals surface area contributed by atoms with E-state index in [1.165, 1.54) is 22.8 Å². The van der Waals surface area contributed by atoms with Gasteiger partial charge in [0.05, 0.1) is 6.04 Å². The molecule has 2 heterocycles. The summed E-state index contributed by atoms with van der Waals surface area (Å²) in [6.45, 7) is 12.9. The molecule has 4 nitrogen and oxygen atoms in total. The van der Waals surface area contributed by atoms with E-state index in [2.05, 4.69) is 58.1 Å².